The highest BCUT2D eigenvalue weighted by molar-refractivity contribution is 6.04. The van der Waals surface area contributed by atoms with E-state index in [0.717, 1.165) is 16.5 Å². The molecule has 8 heteroatoms. The Kier molecular flexibility index (Phi) is 5.33. The average molecular weight is 388 g/mol. The fourth-order valence-corrected chi connectivity index (χ4v) is 3.00. The SMILES string of the molecule is O=C(NCCCNC(=O)c1n[nH]c2ccccc12)c1cc(-c2ccccc2)n[nH]1. The van der Waals surface area contributed by atoms with Crippen LogP contribution in [0.4, 0.5) is 0 Å². The third kappa shape index (κ3) is 4.16. The summed E-state index contributed by atoms with van der Waals surface area (Å²) in [5.74, 6) is -0.473. The molecule has 4 N–H and O–H groups in total. The molecular weight excluding hydrogens is 368 g/mol. The van der Waals surface area contributed by atoms with E-state index in [4.69, 9.17) is 0 Å². The molecule has 29 heavy (non-hydrogen) atoms. The number of rotatable bonds is 7. The first-order valence-electron chi connectivity index (χ1n) is 9.33. The van der Waals surface area contributed by atoms with Crippen molar-refractivity contribution in [1.82, 2.24) is 31.0 Å². The molecule has 0 atom stereocenters. The molecule has 0 fully saturated rings. The van der Waals surface area contributed by atoms with Crippen molar-refractivity contribution in [2.45, 2.75) is 6.42 Å². The predicted octanol–water partition coefficient (Wildman–Crippen LogP) is 2.50. The third-order valence-electron chi connectivity index (χ3n) is 4.50. The molecule has 0 aliphatic heterocycles. The first-order valence-corrected chi connectivity index (χ1v) is 9.33. The van der Waals surface area contributed by atoms with E-state index in [1.54, 1.807) is 6.07 Å². The molecule has 2 amide bonds. The molecule has 0 radical (unpaired) electrons. The van der Waals surface area contributed by atoms with Gasteiger partial charge in [-0.15, -0.1) is 0 Å². The summed E-state index contributed by atoms with van der Waals surface area (Å²) < 4.78 is 0. The van der Waals surface area contributed by atoms with Gasteiger partial charge in [0.05, 0.1) is 11.2 Å². The first-order chi connectivity index (χ1) is 14.2. The molecule has 4 aromatic rings. The predicted molar refractivity (Wildman–Crippen MR) is 109 cm³/mol. The molecule has 4 rings (SSSR count). The fraction of sp³-hybridized carbons (Fsp3) is 0.143. The summed E-state index contributed by atoms with van der Waals surface area (Å²) in [6, 6.07) is 18.8. The van der Waals surface area contributed by atoms with Crippen molar-refractivity contribution < 1.29 is 9.59 Å². The Labute approximate surface area is 166 Å². The van der Waals surface area contributed by atoms with E-state index in [-0.39, 0.29) is 11.8 Å². The van der Waals surface area contributed by atoms with Crippen LogP contribution in [0.3, 0.4) is 0 Å². The van der Waals surface area contributed by atoms with Crippen molar-refractivity contribution in [3.8, 4) is 11.3 Å². The van der Waals surface area contributed by atoms with Crippen molar-refractivity contribution in [3.63, 3.8) is 0 Å². The summed E-state index contributed by atoms with van der Waals surface area (Å²) in [4.78, 5) is 24.5. The van der Waals surface area contributed by atoms with Gasteiger partial charge in [-0.1, -0.05) is 48.5 Å². The van der Waals surface area contributed by atoms with Gasteiger partial charge in [-0.3, -0.25) is 19.8 Å². The first kappa shape index (κ1) is 18.4. The van der Waals surface area contributed by atoms with Crippen LogP contribution in [-0.4, -0.2) is 45.3 Å². The molecule has 0 spiro atoms. The van der Waals surface area contributed by atoms with Crippen LogP contribution in [0.25, 0.3) is 22.2 Å². The number of nitrogens with zero attached hydrogens (tertiary/aromatic N) is 2. The zero-order valence-electron chi connectivity index (χ0n) is 15.6. The topological polar surface area (TPSA) is 116 Å². The van der Waals surface area contributed by atoms with Crippen molar-refractivity contribution in [1.29, 1.82) is 0 Å². The van der Waals surface area contributed by atoms with Gasteiger partial charge in [-0.05, 0) is 18.6 Å². The van der Waals surface area contributed by atoms with E-state index >= 15 is 0 Å². The second-order valence-electron chi connectivity index (χ2n) is 6.52. The molecule has 2 heterocycles. The smallest absolute Gasteiger partial charge is 0.272 e. The zero-order chi connectivity index (χ0) is 20.1. The van der Waals surface area contributed by atoms with Crippen molar-refractivity contribution in [2.24, 2.45) is 0 Å². The highest BCUT2D eigenvalue weighted by atomic mass is 16.2. The summed E-state index contributed by atoms with van der Waals surface area (Å²) in [7, 11) is 0. The number of nitrogens with one attached hydrogen (secondary N) is 4. The second-order valence-corrected chi connectivity index (χ2v) is 6.52. The number of aromatic nitrogens is 4. The number of para-hydroxylation sites is 1. The maximum absolute atomic E-state index is 12.3. The minimum atomic E-state index is -0.241. The van der Waals surface area contributed by atoms with Crippen LogP contribution >= 0.6 is 0 Å². The van der Waals surface area contributed by atoms with Crippen LogP contribution in [0.15, 0.2) is 60.7 Å². The Morgan fingerprint density at radius 1 is 0.828 bits per heavy atom. The lowest BCUT2D eigenvalue weighted by molar-refractivity contribution is 0.0947. The Morgan fingerprint density at radius 3 is 2.38 bits per heavy atom. The number of amides is 2. The molecule has 146 valence electrons. The summed E-state index contributed by atoms with van der Waals surface area (Å²) >= 11 is 0. The number of benzene rings is 2. The quantitative estimate of drug-likeness (QED) is 0.364. The van der Waals surface area contributed by atoms with E-state index in [1.807, 2.05) is 54.6 Å². The van der Waals surface area contributed by atoms with Gasteiger partial charge in [0, 0.05) is 24.0 Å². The minimum Gasteiger partial charge on any atom is -0.351 e. The van der Waals surface area contributed by atoms with Crippen LogP contribution < -0.4 is 10.6 Å². The van der Waals surface area contributed by atoms with Crippen molar-refractivity contribution >= 4 is 22.7 Å². The highest BCUT2D eigenvalue weighted by Gasteiger charge is 2.13. The van der Waals surface area contributed by atoms with E-state index in [1.165, 1.54) is 0 Å². The number of hydrogen-bond acceptors (Lipinski definition) is 4. The molecule has 8 nitrogen and oxygen atoms in total. The monoisotopic (exact) mass is 388 g/mol. The van der Waals surface area contributed by atoms with Gasteiger partial charge in [0.1, 0.15) is 5.69 Å². The summed E-state index contributed by atoms with van der Waals surface area (Å²) in [6.45, 7) is 0.860. The lowest BCUT2D eigenvalue weighted by Crippen LogP contribution is -2.30. The lowest BCUT2D eigenvalue weighted by atomic mass is 10.1. The van der Waals surface area contributed by atoms with E-state index in [0.29, 0.717) is 36.6 Å². The van der Waals surface area contributed by atoms with E-state index in [9.17, 15) is 9.59 Å². The van der Waals surface area contributed by atoms with Gasteiger partial charge < -0.3 is 10.6 Å². The van der Waals surface area contributed by atoms with Gasteiger partial charge in [0.15, 0.2) is 5.69 Å². The Hall–Kier alpha value is -3.94. The van der Waals surface area contributed by atoms with Gasteiger partial charge in [-0.2, -0.15) is 10.2 Å². The third-order valence-corrected chi connectivity index (χ3v) is 4.50. The van der Waals surface area contributed by atoms with Crippen LogP contribution in [0, 0.1) is 0 Å². The molecular formula is C21H20N6O2. The van der Waals surface area contributed by atoms with Gasteiger partial charge in [0.2, 0.25) is 0 Å². The van der Waals surface area contributed by atoms with Gasteiger partial charge in [0.25, 0.3) is 11.8 Å². The standard InChI is InChI=1S/C21H20N6O2/c28-20(18-13-17(25-26-18)14-7-2-1-3-8-14)22-11-6-12-23-21(29)19-15-9-4-5-10-16(15)24-27-19/h1-5,7-10,13H,6,11-12H2,(H,22,28)(H,23,29)(H,24,27)(H,25,26). The summed E-state index contributed by atoms with van der Waals surface area (Å²) in [6.07, 6.45) is 0.597. The number of hydrogen-bond donors (Lipinski definition) is 4. The molecule has 2 aromatic heterocycles. The van der Waals surface area contributed by atoms with E-state index in [2.05, 4.69) is 31.0 Å². The molecule has 0 bridgehead atoms. The van der Waals surface area contributed by atoms with Crippen molar-refractivity contribution in [2.75, 3.05) is 13.1 Å². The number of carbonyl (C=O) groups excluding carboxylic acids is 2. The van der Waals surface area contributed by atoms with Gasteiger partial charge >= 0.3 is 0 Å². The molecule has 0 saturated carbocycles. The summed E-state index contributed by atoms with van der Waals surface area (Å²) in [5.41, 5.74) is 3.25. The van der Waals surface area contributed by atoms with E-state index < -0.39 is 0 Å². The van der Waals surface area contributed by atoms with Gasteiger partial charge in [-0.25, -0.2) is 0 Å². The lowest BCUT2D eigenvalue weighted by Gasteiger charge is -2.05. The highest BCUT2D eigenvalue weighted by Crippen LogP contribution is 2.17. The molecule has 0 saturated heterocycles. The molecule has 2 aromatic carbocycles. The van der Waals surface area contributed by atoms with Crippen LogP contribution in [-0.2, 0) is 0 Å². The maximum Gasteiger partial charge on any atom is 0.272 e. The summed E-state index contributed by atoms with van der Waals surface area (Å²) in [5, 5.41) is 20.3. The average Bonchev–Trinajstić information content (AvgIpc) is 3.41. The minimum absolute atomic E-state index is 0.232. The largest absolute Gasteiger partial charge is 0.351 e. The van der Waals surface area contributed by atoms with Crippen LogP contribution in [0.5, 0.6) is 0 Å². The Bertz CT molecular complexity index is 1130. The Morgan fingerprint density at radius 2 is 1.55 bits per heavy atom. The molecule has 0 aliphatic carbocycles. The Balaban J connectivity index is 1.23. The number of carbonyl (C=O) groups is 2. The number of fused-ring (bicyclic) bond motifs is 1. The molecule has 0 aliphatic rings. The fourth-order valence-electron chi connectivity index (χ4n) is 3.00. The number of H-pyrrole nitrogens is 2. The van der Waals surface area contributed by atoms with Crippen molar-refractivity contribution in [3.05, 3.63) is 72.1 Å². The second kappa shape index (κ2) is 8.39. The van der Waals surface area contributed by atoms with Crippen LogP contribution in [0.2, 0.25) is 0 Å². The molecule has 0 unspecified atom stereocenters. The maximum atomic E-state index is 12.3. The zero-order valence-corrected chi connectivity index (χ0v) is 15.6. The normalized spacial score (nSPS) is 10.8. The van der Waals surface area contributed by atoms with Crippen LogP contribution in [0.1, 0.15) is 27.4 Å². The number of aromatic amines is 2.